The first-order chi connectivity index (χ1) is 15.2. The Morgan fingerprint density at radius 1 is 1.12 bits per heavy atom. The Labute approximate surface area is 191 Å². The van der Waals surface area contributed by atoms with Crippen molar-refractivity contribution in [2.24, 2.45) is 0 Å². The van der Waals surface area contributed by atoms with Crippen molar-refractivity contribution in [2.75, 3.05) is 13.7 Å². The number of rotatable bonds is 5. The third kappa shape index (κ3) is 5.05. The summed E-state index contributed by atoms with van der Waals surface area (Å²) in [5.74, 6) is 5.67. The van der Waals surface area contributed by atoms with Gasteiger partial charge in [-0.3, -0.25) is 9.69 Å². The number of hydrogen-bond acceptors (Lipinski definition) is 3. The Morgan fingerprint density at radius 2 is 1.81 bits per heavy atom. The Morgan fingerprint density at radius 3 is 2.47 bits per heavy atom. The van der Waals surface area contributed by atoms with Crippen LogP contribution < -0.4 is 0 Å². The summed E-state index contributed by atoms with van der Waals surface area (Å²) in [5.41, 5.74) is 5.08. The summed E-state index contributed by atoms with van der Waals surface area (Å²) < 4.78 is 19.3. The van der Waals surface area contributed by atoms with Crippen LogP contribution in [-0.2, 0) is 21.4 Å². The number of carbonyl (C=O) groups excluding carboxylic acids is 1. The van der Waals surface area contributed by atoms with Crippen molar-refractivity contribution in [3.05, 3.63) is 70.0 Å². The highest BCUT2D eigenvalue weighted by atomic mass is 19.1. The van der Waals surface area contributed by atoms with Gasteiger partial charge in [-0.1, -0.05) is 37.8 Å². The van der Waals surface area contributed by atoms with Gasteiger partial charge in [0.1, 0.15) is 5.82 Å². The maximum Gasteiger partial charge on any atom is 0.302 e. The van der Waals surface area contributed by atoms with E-state index in [9.17, 15) is 9.18 Å². The van der Waals surface area contributed by atoms with Gasteiger partial charge in [0.05, 0.1) is 6.61 Å². The van der Waals surface area contributed by atoms with E-state index in [-0.39, 0.29) is 23.8 Å². The number of esters is 1. The van der Waals surface area contributed by atoms with Crippen molar-refractivity contribution >= 4 is 5.97 Å². The fourth-order valence-electron chi connectivity index (χ4n) is 4.73. The van der Waals surface area contributed by atoms with Gasteiger partial charge >= 0.3 is 5.97 Å². The fraction of sp³-hybridized carbons (Fsp3) is 0.464. The zero-order chi connectivity index (χ0) is 22.9. The van der Waals surface area contributed by atoms with E-state index in [1.54, 1.807) is 6.07 Å². The molecule has 4 rings (SSSR count). The first-order valence-corrected chi connectivity index (χ1v) is 11.5. The Bertz CT molecular complexity index is 1070. The molecular formula is C28H32FNO2. The minimum atomic E-state index is -0.355. The lowest BCUT2D eigenvalue weighted by atomic mass is 9.70. The summed E-state index contributed by atoms with van der Waals surface area (Å²) in [4.78, 5) is 13.4. The van der Waals surface area contributed by atoms with E-state index in [2.05, 4.69) is 55.8 Å². The van der Waals surface area contributed by atoms with E-state index in [1.165, 1.54) is 49.8 Å². The molecule has 32 heavy (non-hydrogen) atoms. The van der Waals surface area contributed by atoms with Gasteiger partial charge in [0, 0.05) is 36.6 Å². The zero-order valence-corrected chi connectivity index (χ0v) is 19.5. The van der Waals surface area contributed by atoms with Gasteiger partial charge in [0.25, 0.3) is 0 Å². The molecule has 1 unspecified atom stereocenters. The molecule has 2 aromatic carbocycles. The lowest BCUT2D eigenvalue weighted by Crippen LogP contribution is -2.35. The molecule has 1 atom stereocenters. The van der Waals surface area contributed by atoms with E-state index < -0.39 is 0 Å². The van der Waals surface area contributed by atoms with E-state index in [0.717, 1.165) is 11.6 Å². The van der Waals surface area contributed by atoms with Crippen LogP contribution in [-0.4, -0.2) is 30.6 Å². The van der Waals surface area contributed by atoms with Crippen LogP contribution in [0.15, 0.2) is 36.4 Å². The molecule has 3 nitrogen and oxygen atoms in total. The van der Waals surface area contributed by atoms with Crippen molar-refractivity contribution in [1.29, 1.82) is 0 Å². The van der Waals surface area contributed by atoms with Crippen molar-refractivity contribution < 1.29 is 13.9 Å². The molecule has 0 N–H and O–H groups in total. The smallest absolute Gasteiger partial charge is 0.302 e. The van der Waals surface area contributed by atoms with E-state index >= 15 is 0 Å². The minimum Gasteiger partial charge on any atom is -0.466 e. The minimum absolute atomic E-state index is 0.129. The Balaban J connectivity index is 1.54. The normalized spacial score (nSPS) is 19.1. The van der Waals surface area contributed by atoms with Crippen molar-refractivity contribution in [1.82, 2.24) is 4.90 Å². The first-order valence-electron chi connectivity index (χ1n) is 11.5. The van der Waals surface area contributed by atoms with Gasteiger partial charge in [-0.05, 0) is 79.1 Å². The molecule has 0 radical (unpaired) electrons. The number of halogens is 1. The number of fused-ring (bicyclic) bond motifs is 1. The molecular weight excluding hydrogens is 401 g/mol. The summed E-state index contributed by atoms with van der Waals surface area (Å²) in [5, 5.41) is 0. The third-order valence-corrected chi connectivity index (χ3v) is 6.88. The number of ether oxygens (including phenoxy) is 1. The maximum absolute atomic E-state index is 14.4. The molecule has 2 aliphatic carbocycles. The molecule has 2 aromatic rings. The molecule has 0 spiro atoms. The second-order valence-electron chi connectivity index (χ2n) is 9.78. The summed E-state index contributed by atoms with van der Waals surface area (Å²) in [6, 6.07) is 12.8. The molecule has 0 bridgehead atoms. The molecule has 168 valence electrons. The average molecular weight is 434 g/mol. The Kier molecular flexibility index (Phi) is 6.40. The monoisotopic (exact) mass is 433 g/mol. The molecule has 0 aromatic heterocycles. The molecule has 0 amide bonds. The second kappa shape index (κ2) is 9.08. The van der Waals surface area contributed by atoms with Crippen LogP contribution >= 0.6 is 0 Å². The first kappa shape index (κ1) is 22.6. The number of nitrogens with zero attached hydrogens (tertiary/aromatic N) is 1. The van der Waals surface area contributed by atoms with E-state index in [1.807, 2.05) is 6.07 Å². The quantitative estimate of drug-likeness (QED) is 0.458. The maximum atomic E-state index is 14.4. The number of hydrogen-bond donors (Lipinski definition) is 0. The van der Waals surface area contributed by atoms with E-state index in [4.69, 9.17) is 4.74 Å². The van der Waals surface area contributed by atoms with Gasteiger partial charge in [-0.15, -0.1) is 0 Å². The summed E-state index contributed by atoms with van der Waals surface area (Å²) in [6.45, 7) is 6.17. The topological polar surface area (TPSA) is 29.5 Å². The predicted octanol–water partition coefficient (Wildman–Crippen LogP) is 5.54. The molecule has 2 aliphatic rings. The number of benzene rings is 2. The lowest BCUT2D eigenvalue weighted by molar-refractivity contribution is -0.140. The van der Waals surface area contributed by atoms with Crippen molar-refractivity contribution in [2.45, 2.75) is 70.4 Å². The highest BCUT2D eigenvalue weighted by Gasteiger charge is 2.38. The predicted molar refractivity (Wildman–Crippen MR) is 125 cm³/mol. The second-order valence-corrected chi connectivity index (χ2v) is 9.78. The van der Waals surface area contributed by atoms with Crippen LogP contribution in [0.3, 0.4) is 0 Å². The van der Waals surface area contributed by atoms with Crippen LogP contribution in [0, 0.1) is 17.7 Å². The van der Waals surface area contributed by atoms with Gasteiger partial charge in [0.2, 0.25) is 0 Å². The van der Waals surface area contributed by atoms with E-state index in [0.29, 0.717) is 23.6 Å². The van der Waals surface area contributed by atoms with Crippen LogP contribution in [0.5, 0.6) is 0 Å². The highest BCUT2D eigenvalue weighted by molar-refractivity contribution is 5.65. The van der Waals surface area contributed by atoms with Crippen LogP contribution in [0.25, 0.3) is 0 Å². The van der Waals surface area contributed by atoms with Crippen molar-refractivity contribution in [3.8, 4) is 11.8 Å². The van der Waals surface area contributed by atoms with Crippen LogP contribution in [0.4, 0.5) is 4.39 Å². The zero-order valence-electron chi connectivity index (χ0n) is 19.5. The summed E-state index contributed by atoms with van der Waals surface area (Å²) in [6.07, 6.45) is 5.35. The third-order valence-electron chi connectivity index (χ3n) is 6.88. The fourth-order valence-corrected chi connectivity index (χ4v) is 4.73. The molecule has 1 saturated carbocycles. The molecule has 0 heterocycles. The standard InChI is InChI=1S/C28H32FNO2/c1-19(31)32-16-14-22-9-7-21(18-26(22)29)6-5-20-8-12-24-25(17-20)28(2,3)15-13-27(24)30(4)23-10-11-23/h7-9,12,17-18,23,27H,10-11,13-16H2,1-4H3. The largest absolute Gasteiger partial charge is 0.466 e. The van der Waals surface area contributed by atoms with Crippen molar-refractivity contribution in [3.63, 3.8) is 0 Å². The summed E-state index contributed by atoms with van der Waals surface area (Å²) in [7, 11) is 2.27. The average Bonchev–Trinajstić information content (AvgIpc) is 3.59. The van der Waals surface area contributed by atoms with Gasteiger partial charge in [-0.2, -0.15) is 0 Å². The Hall–Kier alpha value is -2.64. The van der Waals surface area contributed by atoms with Gasteiger partial charge in [0.15, 0.2) is 0 Å². The molecule has 4 heteroatoms. The molecule has 0 aliphatic heterocycles. The SMILES string of the molecule is CC(=O)OCCc1ccc(C#Cc2ccc3c(c2)C(C)(C)CCC3N(C)C2CC2)cc1F. The molecule has 1 fully saturated rings. The van der Waals surface area contributed by atoms with Gasteiger partial charge < -0.3 is 4.74 Å². The highest BCUT2D eigenvalue weighted by Crippen LogP contribution is 2.46. The van der Waals surface area contributed by atoms with Crippen LogP contribution in [0.1, 0.15) is 80.3 Å². The molecule has 0 saturated heterocycles. The van der Waals surface area contributed by atoms with Gasteiger partial charge in [-0.25, -0.2) is 4.39 Å². The number of carbonyl (C=O) groups is 1. The summed E-state index contributed by atoms with van der Waals surface area (Å²) >= 11 is 0. The van der Waals surface area contributed by atoms with Crippen LogP contribution in [0.2, 0.25) is 0 Å². The lowest BCUT2D eigenvalue weighted by Gasteiger charge is -2.41.